The zero-order valence-electron chi connectivity index (χ0n) is 17.5. The highest BCUT2D eigenvalue weighted by atomic mass is 16.6. The molecule has 3 aliphatic rings. The number of rotatable bonds is 5. The minimum atomic E-state index is -0.665. The van der Waals surface area contributed by atoms with E-state index in [1.807, 2.05) is 11.9 Å². The van der Waals surface area contributed by atoms with E-state index in [-0.39, 0.29) is 35.1 Å². The van der Waals surface area contributed by atoms with E-state index in [1.165, 1.54) is 18.4 Å². The van der Waals surface area contributed by atoms with Gasteiger partial charge in [0.2, 0.25) is 0 Å². The Bertz CT molecular complexity index is 776. The Morgan fingerprint density at radius 1 is 1.34 bits per heavy atom. The number of phenolic OH excluding ortho intramolecular Hbond substituents is 1. The predicted molar refractivity (Wildman–Crippen MR) is 111 cm³/mol. The molecule has 0 amide bonds. The molecule has 1 saturated heterocycles. The molecule has 158 valence electrons. The van der Waals surface area contributed by atoms with Gasteiger partial charge in [0, 0.05) is 19.0 Å². The summed E-state index contributed by atoms with van der Waals surface area (Å²) in [6, 6.07) is 6.61. The number of aromatic hydroxyl groups is 1. The molecule has 3 fully saturated rings. The molecule has 6 atom stereocenters. The molecule has 2 N–H and O–H groups in total. The first kappa shape index (κ1) is 20.4. The van der Waals surface area contributed by atoms with Crippen molar-refractivity contribution in [3.05, 3.63) is 42.0 Å². The summed E-state index contributed by atoms with van der Waals surface area (Å²) in [5, 5.41) is 19.9. The van der Waals surface area contributed by atoms with Crippen LogP contribution in [-0.2, 0) is 9.53 Å². The number of hydrogen-bond donors (Lipinski definition) is 2. The number of allylic oxidation sites excluding steroid dienone is 1. The van der Waals surface area contributed by atoms with Gasteiger partial charge >= 0.3 is 5.97 Å². The molecule has 0 unspecified atom stereocenters. The number of nitrogens with zero attached hydrogens (tertiary/aromatic N) is 1. The number of hydrogen-bond acceptors (Lipinski definition) is 5. The fourth-order valence-electron chi connectivity index (χ4n) is 5.97. The van der Waals surface area contributed by atoms with Gasteiger partial charge in [-0.1, -0.05) is 31.2 Å². The number of ether oxygens (including phenoxy) is 1. The lowest BCUT2D eigenvalue weighted by Crippen LogP contribution is -2.45. The van der Waals surface area contributed by atoms with Crippen LogP contribution in [0.15, 0.2) is 36.4 Å². The van der Waals surface area contributed by atoms with Crippen LogP contribution in [0, 0.1) is 23.2 Å². The molecular weight excluding hydrogens is 366 g/mol. The molecule has 2 saturated carbocycles. The van der Waals surface area contributed by atoms with Gasteiger partial charge < -0.3 is 19.8 Å². The summed E-state index contributed by atoms with van der Waals surface area (Å²) >= 11 is 0. The largest absolute Gasteiger partial charge is 0.508 e. The summed E-state index contributed by atoms with van der Waals surface area (Å²) in [7, 11) is 1.94. The number of aliphatic hydroxyl groups excluding tert-OH is 1. The molecule has 1 aliphatic heterocycles. The molecule has 4 rings (SSSR count). The first-order valence-electron chi connectivity index (χ1n) is 10.8. The molecule has 0 bridgehead atoms. The maximum Gasteiger partial charge on any atom is 0.310 e. The summed E-state index contributed by atoms with van der Waals surface area (Å²) in [5.41, 5.74) is 2.33. The highest BCUT2D eigenvalue weighted by Gasteiger charge is 2.55. The molecule has 5 nitrogen and oxygen atoms in total. The van der Waals surface area contributed by atoms with Gasteiger partial charge in [0.15, 0.2) is 0 Å². The summed E-state index contributed by atoms with van der Waals surface area (Å²) in [6.07, 6.45) is 4.79. The van der Waals surface area contributed by atoms with Crippen LogP contribution in [-0.4, -0.2) is 47.3 Å². The Balaban J connectivity index is 1.41. The SMILES string of the molecule is C=C1CCC[C@]2(C)C[C@H]3OC(=O)[C@H](CN(C)C[C@H](O)c4ccc(O)cc4)[C@H]3C[C@@H]12. The van der Waals surface area contributed by atoms with E-state index in [0.717, 1.165) is 24.8 Å². The Hall–Kier alpha value is -1.85. The minimum absolute atomic E-state index is 0.0232. The van der Waals surface area contributed by atoms with Gasteiger partial charge in [0.1, 0.15) is 11.9 Å². The fraction of sp³-hybridized carbons (Fsp3) is 0.625. The van der Waals surface area contributed by atoms with Gasteiger partial charge in [-0.25, -0.2) is 0 Å². The highest BCUT2D eigenvalue weighted by Crippen LogP contribution is 2.56. The van der Waals surface area contributed by atoms with Crippen LogP contribution < -0.4 is 0 Å². The monoisotopic (exact) mass is 399 g/mol. The number of carbonyl (C=O) groups excluding carboxylic acids is 1. The number of carbonyl (C=O) groups is 1. The van der Waals surface area contributed by atoms with Crippen LogP contribution in [0.25, 0.3) is 0 Å². The van der Waals surface area contributed by atoms with Gasteiger partial charge in [-0.2, -0.15) is 0 Å². The van der Waals surface area contributed by atoms with E-state index in [1.54, 1.807) is 24.3 Å². The van der Waals surface area contributed by atoms with Crippen molar-refractivity contribution in [2.75, 3.05) is 20.1 Å². The predicted octanol–water partition coefficient (Wildman–Crippen LogP) is 3.67. The van der Waals surface area contributed by atoms with Gasteiger partial charge in [0.25, 0.3) is 0 Å². The summed E-state index contributed by atoms with van der Waals surface area (Å²) in [5.74, 6) is 0.684. The molecule has 0 radical (unpaired) electrons. The lowest BCUT2D eigenvalue weighted by atomic mass is 9.55. The Morgan fingerprint density at radius 2 is 2.07 bits per heavy atom. The first-order valence-corrected chi connectivity index (χ1v) is 10.8. The third-order valence-corrected chi connectivity index (χ3v) is 7.59. The number of esters is 1. The molecule has 1 aromatic rings. The van der Waals surface area contributed by atoms with E-state index >= 15 is 0 Å². The van der Waals surface area contributed by atoms with Crippen LogP contribution in [0.4, 0.5) is 0 Å². The average Bonchev–Trinajstić information content (AvgIpc) is 2.94. The van der Waals surface area contributed by atoms with Crippen molar-refractivity contribution in [3.8, 4) is 5.75 Å². The Labute approximate surface area is 173 Å². The van der Waals surface area contributed by atoms with Crippen molar-refractivity contribution in [2.24, 2.45) is 23.2 Å². The van der Waals surface area contributed by atoms with E-state index in [9.17, 15) is 15.0 Å². The number of likely N-dealkylation sites (N-methyl/N-ethyl adjacent to an activating group) is 1. The Kier molecular flexibility index (Phi) is 5.47. The fourth-order valence-corrected chi connectivity index (χ4v) is 5.97. The van der Waals surface area contributed by atoms with E-state index in [2.05, 4.69) is 13.5 Å². The standard InChI is InChI=1S/C24H33NO4/c1-15-5-4-10-24(2)12-22-18(11-20(15)24)19(23(28)29-22)13-25(3)14-21(27)16-6-8-17(26)9-7-16/h6-9,18-22,26-27H,1,4-5,10-14H2,2-3H3/t18-,19-,20+,21+,22-,24-/m1/s1. The van der Waals surface area contributed by atoms with E-state index in [0.29, 0.717) is 19.0 Å². The zero-order chi connectivity index (χ0) is 20.8. The van der Waals surface area contributed by atoms with Gasteiger partial charge in [-0.15, -0.1) is 0 Å². The number of benzene rings is 1. The van der Waals surface area contributed by atoms with Crippen LogP contribution >= 0.6 is 0 Å². The van der Waals surface area contributed by atoms with Gasteiger partial charge in [0.05, 0.1) is 12.0 Å². The maximum absolute atomic E-state index is 12.7. The van der Waals surface area contributed by atoms with Crippen molar-refractivity contribution in [2.45, 2.75) is 51.2 Å². The van der Waals surface area contributed by atoms with Crippen molar-refractivity contribution in [1.29, 1.82) is 0 Å². The van der Waals surface area contributed by atoms with E-state index in [4.69, 9.17) is 4.74 Å². The number of phenols is 1. The van der Waals surface area contributed by atoms with Crippen LogP contribution in [0.5, 0.6) is 5.75 Å². The third-order valence-electron chi connectivity index (χ3n) is 7.59. The smallest absolute Gasteiger partial charge is 0.310 e. The minimum Gasteiger partial charge on any atom is -0.508 e. The topological polar surface area (TPSA) is 70.0 Å². The average molecular weight is 400 g/mol. The van der Waals surface area contributed by atoms with Crippen LogP contribution in [0.1, 0.15) is 50.7 Å². The normalized spacial score (nSPS) is 35.2. The quantitative estimate of drug-likeness (QED) is 0.584. The van der Waals surface area contributed by atoms with Crippen LogP contribution in [0.2, 0.25) is 0 Å². The second kappa shape index (κ2) is 7.77. The second-order valence-electron chi connectivity index (χ2n) is 9.73. The molecule has 2 aliphatic carbocycles. The van der Waals surface area contributed by atoms with Gasteiger partial charge in [-0.3, -0.25) is 4.79 Å². The van der Waals surface area contributed by atoms with Crippen molar-refractivity contribution < 1.29 is 19.7 Å². The lowest BCUT2D eigenvalue weighted by molar-refractivity contribution is -0.146. The molecule has 0 aromatic heterocycles. The van der Waals surface area contributed by atoms with Gasteiger partial charge in [-0.05, 0) is 68.2 Å². The summed E-state index contributed by atoms with van der Waals surface area (Å²) < 4.78 is 5.85. The summed E-state index contributed by atoms with van der Waals surface area (Å²) in [6.45, 7) is 7.72. The van der Waals surface area contributed by atoms with Crippen molar-refractivity contribution in [1.82, 2.24) is 4.90 Å². The summed E-state index contributed by atoms with van der Waals surface area (Å²) in [4.78, 5) is 14.7. The first-order chi connectivity index (χ1) is 13.8. The molecule has 1 aromatic carbocycles. The molecular formula is C24H33NO4. The van der Waals surface area contributed by atoms with E-state index < -0.39 is 6.10 Å². The molecule has 1 heterocycles. The molecule has 29 heavy (non-hydrogen) atoms. The van der Waals surface area contributed by atoms with Crippen molar-refractivity contribution >= 4 is 5.97 Å². The van der Waals surface area contributed by atoms with Crippen molar-refractivity contribution in [3.63, 3.8) is 0 Å². The zero-order valence-corrected chi connectivity index (χ0v) is 17.5. The highest BCUT2D eigenvalue weighted by molar-refractivity contribution is 5.75. The van der Waals surface area contributed by atoms with Crippen LogP contribution in [0.3, 0.4) is 0 Å². The third kappa shape index (κ3) is 3.95. The maximum atomic E-state index is 12.7. The lowest BCUT2D eigenvalue weighted by Gasteiger charge is -2.50. The number of aliphatic hydroxyl groups is 1. The molecule has 0 spiro atoms. The Morgan fingerprint density at radius 3 is 2.79 bits per heavy atom. The second-order valence-corrected chi connectivity index (χ2v) is 9.73. The molecule has 5 heteroatoms. The number of fused-ring (bicyclic) bond motifs is 2.